The van der Waals surface area contributed by atoms with Crippen molar-refractivity contribution in [3.05, 3.63) is 12.3 Å². The van der Waals surface area contributed by atoms with Crippen molar-refractivity contribution in [3.8, 4) is 0 Å². The van der Waals surface area contributed by atoms with E-state index >= 15 is 0 Å². The molecule has 21 heavy (non-hydrogen) atoms. The smallest absolute Gasteiger partial charge is 0.227 e. The Balaban J connectivity index is 1.63. The average Bonchev–Trinajstić information content (AvgIpc) is 2.96. The summed E-state index contributed by atoms with van der Waals surface area (Å²) in [5.41, 5.74) is 0. The van der Waals surface area contributed by atoms with Gasteiger partial charge in [-0.25, -0.2) is 4.98 Å². The van der Waals surface area contributed by atoms with Crippen molar-refractivity contribution in [3.63, 3.8) is 0 Å². The fourth-order valence-corrected chi connectivity index (χ4v) is 2.77. The Morgan fingerprint density at radius 1 is 1.33 bits per heavy atom. The summed E-state index contributed by atoms with van der Waals surface area (Å²) in [5, 5.41) is 3.39. The lowest BCUT2D eigenvalue weighted by Crippen LogP contribution is -2.45. The number of ether oxygens (including phenoxy) is 2. The molecule has 0 bridgehead atoms. The Morgan fingerprint density at radius 3 is 2.71 bits per heavy atom. The second-order valence-electron chi connectivity index (χ2n) is 5.79. The van der Waals surface area contributed by atoms with Gasteiger partial charge in [-0.2, -0.15) is 4.98 Å². The van der Waals surface area contributed by atoms with Crippen LogP contribution in [0.4, 0.5) is 11.8 Å². The summed E-state index contributed by atoms with van der Waals surface area (Å²) in [6.07, 6.45) is 4.64. The van der Waals surface area contributed by atoms with Crippen LogP contribution in [0.2, 0.25) is 0 Å². The molecule has 3 rings (SSSR count). The van der Waals surface area contributed by atoms with Crippen LogP contribution in [0.15, 0.2) is 12.3 Å². The first-order valence-corrected chi connectivity index (χ1v) is 7.83. The van der Waals surface area contributed by atoms with Crippen molar-refractivity contribution in [2.45, 2.75) is 44.9 Å². The van der Waals surface area contributed by atoms with Crippen molar-refractivity contribution in [1.29, 1.82) is 0 Å². The number of anilines is 2. The summed E-state index contributed by atoms with van der Waals surface area (Å²) in [4.78, 5) is 11.2. The van der Waals surface area contributed by atoms with E-state index in [0.717, 1.165) is 44.1 Å². The Kier molecular flexibility index (Phi) is 4.26. The number of nitrogens with zero attached hydrogens (tertiary/aromatic N) is 3. The molecule has 2 aliphatic rings. The lowest BCUT2D eigenvalue weighted by Gasteiger charge is -2.37. The van der Waals surface area contributed by atoms with Gasteiger partial charge in [0.05, 0.1) is 13.2 Å². The van der Waals surface area contributed by atoms with E-state index < -0.39 is 0 Å². The molecule has 6 heteroatoms. The standard InChI is InChI=1S/C15H24N4O2/c1-3-12(2)17-13-4-7-16-14(18-13)19-8-5-15(6-9-19)20-10-11-21-15/h4,7,12H,3,5-6,8-11H2,1-2H3,(H,16,17,18). The number of aromatic nitrogens is 2. The Hall–Kier alpha value is -1.40. The minimum Gasteiger partial charge on any atom is -0.367 e. The number of hydrogen-bond acceptors (Lipinski definition) is 6. The van der Waals surface area contributed by atoms with E-state index in [-0.39, 0.29) is 5.79 Å². The van der Waals surface area contributed by atoms with Crippen molar-refractivity contribution < 1.29 is 9.47 Å². The molecule has 0 saturated carbocycles. The van der Waals surface area contributed by atoms with Gasteiger partial charge in [0.2, 0.25) is 5.95 Å². The molecule has 1 atom stereocenters. The zero-order valence-electron chi connectivity index (χ0n) is 12.8. The molecule has 3 heterocycles. The van der Waals surface area contributed by atoms with E-state index in [9.17, 15) is 0 Å². The molecule has 0 aliphatic carbocycles. The molecule has 1 aromatic rings. The van der Waals surface area contributed by atoms with Gasteiger partial charge in [-0.1, -0.05) is 6.92 Å². The fourth-order valence-electron chi connectivity index (χ4n) is 2.77. The molecule has 2 saturated heterocycles. The molecule has 0 radical (unpaired) electrons. The van der Waals surface area contributed by atoms with E-state index in [4.69, 9.17) is 9.47 Å². The van der Waals surface area contributed by atoms with Gasteiger partial charge in [-0.15, -0.1) is 0 Å². The molecule has 2 aliphatic heterocycles. The molecule has 1 spiro atoms. The van der Waals surface area contributed by atoms with Gasteiger partial charge in [-0.3, -0.25) is 0 Å². The maximum atomic E-state index is 5.75. The summed E-state index contributed by atoms with van der Waals surface area (Å²) < 4.78 is 11.5. The second-order valence-corrected chi connectivity index (χ2v) is 5.79. The first kappa shape index (κ1) is 14.5. The van der Waals surface area contributed by atoms with Gasteiger partial charge in [0, 0.05) is 38.2 Å². The highest BCUT2D eigenvalue weighted by molar-refractivity contribution is 5.42. The lowest BCUT2D eigenvalue weighted by molar-refractivity contribution is -0.169. The Labute approximate surface area is 125 Å². The van der Waals surface area contributed by atoms with Crippen LogP contribution in [0.5, 0.6) is 0 Å². The van der Waals surface area contributed by atoms with Crippen molar-refractivity contribution in [1.82, 2.24) is 9.97 Å². The molecule has 1 unspecified atom stereocenters. The summed E-state index contributed by atoms with van der Waals surface area (Å²) in [6, 6.07) is 2.34. The minimum absolute atomic E-state index is 0.344. The van der Waals surface area contributed by atoms with Crippen LogP contribution >= 0.6 is 0 Å². The van der Waals surface area contributed by atoms with E-state index in [1.807, 2.05) is 12.3 Å². The van der Waals surface area contributed by atoms with E-state index in [1.165, 1.54) is 0 Å². The molecule has 0 amide bonds. The SMILES string of the molecule is CCC(C)Nc1ccnc(N2CCC3(CC2)OCCO3)n1. The molecule has 0 aromatic carbocycles. The van der Waals surface area contributed by atoms with E-state index in [2.05, 4.69) is 34.0 Å². The summed E-state index contributed by atoms with van der Waals surface area (Å²) in [7, 11) is 0. The number of nitrogens with one attached hydrogen (secondary N) is 1. The Morgan fingerprint density at radius 2 is 2.05 bits per heavy atom. The third-order valence-electron chi connectivity index (χ3n) is 4.27. The molecule has 6 nitrogen and oxygen atoms in total. The highest BCUT2D eigenvalue weighted by Crippen LogP contribution is 2.32. The van der Waals surface area contributed by atoms with Gasteiger partial charge >= 0.3 is 0 Å². The first-order chi connectivity index (χ1) is 10.2. The Bertz CT molecular complexity index is 466. The number of rotatable bonds is 4. The van der Waals surface area contributed by atoms with Crippen LogP contribution in [0.25, 0.3) is 0 Å². The second kappa shape index (κ2) is 6.15. The summed E-state index contributed by atoms with van der Waals surface area (Å²) >= 11 is 0. The molecule has 2 fully saturated rings. The molecule has 116 valence electrons. The summed E-state index contributed by atoms with van der Waals surface area (Å²) in [6.45, 7) is 7.47. The maximum absolute atomic E-state index is 5.75. The van der Waals surface area contributed by atoms with Crippen molar-refractivity contribution in [2.75, 3.05) is 36.5 Å². The zero-order valence-corrected chi connectivity index (χ0v) is 12.8. The van der Waals surface area contributed by atoms with Gasteiger partial charge in [0.25, 0.3) is 0 Å². The van der Waals surface area contributed by atoms with Gasteiger partial charge in [0.1, 0.15) is 5.82 Å². The molecular weight excluding hydrogens is 268 g/mol. The van der Waals surface area contributed by atoms with Crippen molar-refractivity contribution in [2.24, 2.45) is 0 Å². The average molecular weight is 292 g/mol. The van der Waals surface area contributed by atoms with Crippen LogP contribution in [0, 0.1) is 0 Å². The molecular formula is C15H24N4O2. The quantitative estimate of drug-likeness (QED) is 0.916. The van der Waals surface area contributed by atoms with Crippen LogP contribution in [-0.2, 0) is 9.47 Å². The van der Waals surface area contributed by atoms with Crippen molar-refractivity contribution >= 4 is 11.8 Å². The fraction of sp³-hybridized carbons (Fsp3) is 0.733. The van der Waals surface area contributed by atoms with Gasteiger partial charge in [0.15, 0.2) is 5.79 Å². The number of piperidine rings is 1. The highest BCUT2D eigenvalue weighted by atomic mass is 16.7. The maximum Gasteiger partial charge on any atom is 0.227 e. The highest BCUT2D eigenvalue weighted by Gasteiger charge is 2.40. The molecule has 1 aromatic heterocycles. The number of hydrogen-bond donors (Lipinski definition) is 1. The zero-order chi connectivity index (χ0) is 14.7. The van der Waals surface area contributed by atoms with E-state index in [0.29, 0.717) is 19.3 Å². The third-order valence-corrected chi connectivity index (χ3v) is 4.27. The van der Waals surface area contributed by atoms with Gasteiger partial charge in [-0.05, 0) is 19.4 Å². The molecule has 1 N–H and O–H groups in total. The summed E-state index contributed by atoms with van der Waals surface area (Å²) in [5.74, 6) is 1.34. The monoisotopic (exact) mass is 292 g/mol. The third kappa shape index (κ3) is 3.27. The normalized spacial score (nSPS) is 22.5. The lowest BCUT2D eigenvalue weighted by atomic mass is 10.0. The topological polar surface area (TPSA) is 59.5 Å². The van der Waals surface area contributed by atoms with Crippen LogP contribution < -0.4 is 10.2 Å². The van der Waals surface area contributed by atoms with E-state index in [1.54, 1.807) is 0 Å². The predicted octanol–water partition coefficient (Wildman–Crippen LogP) is 2.03. The van der Waals surface area contributed by atoms with Gasteiger partial charge < -0.3 is 19.7 Å². The largest absolute Gasteiger partial charge is 0.367 e. The van der Waals surface area contributed by atoms with Crippen LogP contribution in [0.3, 0.4) is 0 Å². The van der Waals surface area contributed by atoms with Crippen LogP contribution in [-0.4, -0.2) is 48.1 Å². The predicted molar refractivity (Wildman–Crippen MR) is 81.5 cm³/mol. The first-order valence-electron chi connectivity index (χ1n) is 7.83. The minimum atomic E-state index is -0.344. The van der Waals surface area contributed by atoms with Crippen LogP contribution in [0.1, 0.15) is 33.1 Å².